The Morgan fingerprint density at radius 1 is 1.26 bits per heavy atom. The first-order valence-corrected chi connectivity index (χ1v) is 9.16. The topological polar surface area (TPSA) is 35.5 Å². The van der Waals surface area contributed by atoms with Gasteiger partial charge in [0.15, 0.2) is 0 Å². The second-order valence-electron chi connectivity index (χ2n) is 4.92. The Hall–Kier alpha value is -0.310. The van der Waals surface area contributed by atoms with E-state index in [2.05, 4.69) is 22.9 Å². The Morgan fingerprint density at radius 2 is 1.89 bits per heavy atom. The summed E-state index contributed by atoms with van der Waals surface area (Å²) in [6, 6.07) is 7.31. The van der Waals surface area contributed by atoms with E-state index < -0.39 is 7.60 Å². The molecule has 0 N–H and O–H groups in total. The number of benzene rings is 1. The summed E-state index contributed by atoms with van der Waals surface area (Å²) >= 11 is 3.36. The number of hydrogen-bond acceptors (Lipinski definition) is 3. The Balaban J connectivity index is 2.72. The van der Waals surface area contributed by atoms with Crippen LogP contribution in [-0.4, -0.2) is 12.8 Å². The van der Waals surface area contributed by atoms with E-state index in [1.54, 1.807) is 12.1 Å². The Labute approximate surface area is 124 Å². The molecule has 1 aromatic carbocycles. The van der Waals surface area contributed by atoms with Gasteiger partial charge in [0.25, 0.3) is 0 Å². The Morgan fingerprint density at radius 3 is 2.42 bits per heavy atom. The van der Waals surface area contributed by atoms with Crippen LogP contribution in [-0.2, 0) is 9.09 Å². The van der Waals surface area contributed by atoms with E-state index in [-0.39, 0.29) is 0 Å². The van der Waals surface area contributed by atoms with Crippen LogP contribution >= 0.6 is 23.5 Å². The summed E-state index contributed by atoms with van der Waals surface area (Å²) < 4.78 is 24.8. The highest BCUT2D eigenvalue weighted by Crippen LogP contribution is 2.49. The fraction of sp³-hybridized carbons (Fsp3) is 0.571. The van der Waals surface area contributed by atoms with Crippen LogP contribution in [0.3, 0.4) is 0 Å². The lowest BCUT2D eigenvalue weighted by Gasteiger charge is -2.20. The number of halogens is 1. The van der Waals surface area contributed by atoms with Crippen molar-refractivity contribution >= 4 is 23.5 Å². The highest BCUT2D eigenvalue weighted by Gasteiger charge is 2.25. The molecule has 0 radical (unpaired) electrons. The fourth-order valence-electron chi connectivity index (χ4n) is 1.41. The molecule has 3 nitrogen and oxygen atoms in total. The van der Waals surface area contributed by atoms with Crippen molar-refractivity contribution in [2.75, 3.05) is 12.8 Å². The zero-order chi connectivity index (χ0) is 14.3. The van der Waals surface area contributed by atoms with Crippen LogP contribution in [0.2, 0.25) is 0 Å². The minimum Gasteiger partial charge on any atom is -0.424 e. The van der Waals surface area contributed by atoms with Crippen molar-refractivity contribution in [3.8, 4) is 5.75 Å². The molecule has 0 spiro atoms. The van der Waals surface area contributed by atoms with E-state index in [0.717, 1.165) is 17.3 Å². The zero-order valence-electron chi connectivity index (χ0n) is 11.8. The molecule has 0 amide bonds. The minimum atomic E-state index is -3.04. The molecule has 0 aromatic heterocycles. The molecule has 1 aromatic rings. The summed E-state index contributed by atoms with van der Waals surface area (Å²) in [5, 5.41) is 0. The largest absolute Gasteiger partial charge is 0.424 e. The summed E-state index contributed by atoms with van der Waals surface area (Å²) in [5.74, 6) is 0.926. The maximum Gasteiger partial charge on any atom is 0.379 e. The van der Waals surface area contributed by atoms with E-state index >= 15 is 0 Å². The molecule has 0 aliphatic rings. The van der Waals surface area contributed by atoms with Crippen molar-refractivity contribution in [3.05, 3.63) is 28.7 Å². The minimum absolute atomic E-state index is 0.337. The third kappa shape index (κ3) is 6.60. The van der Waals surface area contributed by atoms with Gasteiger partial charge in [-0.2, -0.15) is 0 Å². The molecule has 0 bridgehead atoms. The maximum absolute atomic E-state index is 12.7. The lowest BCUT2D eigenvalue weighted by atomic mass is 10.2. The highest BCUT2D eigenvalue weighted by atomic mass is 79.9. The van der Waals surface area contributed by atoms with Crippen LogP contribution in [0, 0.1) is 5.92 Å². The van der Waals surface area contributed by atoms with Gasteiger partial charge in [0.05, 0.1) is 12.8 Å². The summed E-state index contributed by atoms with van der Waals surface area (Å²) in [7, 11) is -3.04. The number of rotatable bonds is 8. The normalized spacial score (nSPS) is 14.4. The SMILES string of the molecule is CCCCP(=O)(OCC(C)C)Oc1ccc(Br)cc1. The summed E-state index contributed by atoms with van der Waals surface area (Å²) in [4.78, 5) is 0. The first kappa shape index (κ1) is 16.7. The molecule has 1 atom stereocenters. The lowest BCUT2D eigenvalue weighted by molar-refractivity contribution is 0.233. The molecule has 0 aliphatic heterocycles. The lowest BCUT2D eigenvalue weighted by Crippen LogP contribution is -2.07. The van der Waals surface area contributed by atoms with Gasteiger partial charge in [-0.1, -0.05) is 43.1 Å². The monoisotopic (exact) mass is 348 g/mol. The van der Waals surface area contributed by atoms with Gasteiger partial charge in [0.2, 0.25) is 0 Å². The Bertz CT molecular complexity index is 417. The average Bonchev–Trinajstić information content (AvgIpc) is 2.37. The Kier molecular flexibility index (Phi) is 7.12. The molecule has 1 rings (SSSR count). The molecule has 19 heavy (non-hydrogen) atoms. The van der Waals surface area contributed by atoms with Crippen molar-refractivity contribution < 1.29 is 13.6 Å². The smallest absolute Gasteiger partial charge is 0.379 e. The summed E-state index contributed by atoms with van der Waals surface area (Å²) in [6.07, 6.45) is 2.27. The van der Waals surface area contributed by atoms with Gasteiger partial charge in [-0.25, -0.2) is 4.57 Å². The second kappa shape index (κ2) is 8.08. The van der Waals surface area contributed by atoms with Gasteiger partial charge >= 0.3 is 7.60 Å². The molecule has 0 aliphatic carbocycles. The zero-order valence-corrected chi connectivity index (χ0v) is 14.2. The van der Waals surface area contributed by atoms with Gasteiger partial charge in [-0.15, -0.1) is 0 Å². The van der Waals surface area contributed by atoms with Gasteiger partial charge in [-0.3, -0.25) is 4.52 Å². The third-order valence-corrected chi connectivity index (χ3v) is 4.87. The standard InChI is InChI=1S/C14H22BrO3P/c1-4-5-10-19(16,17-11-12(2)3)18-14-8-6-13(15)7-9-14/h6-9,12H,4-5,10-11H2,1-3H3. The van der Waals surface area contributed by atoms with Gasteiger partial charge in [0.1, 0.15) is 5.75 Å². The van der Waals surface area contributed by atoms with Crippen molar-refractivity contribution in [1.82, 2.24) is 0 Å². The maximum atomic E-state index is 12.7. The predicted octanol–water partition coefficient (Wildman–Crippen LogP) is 5.49. The second-order valence-corrected chi connectivity index (χ2v) is 7.95. The molecule has 1 unspecified atom stereocenters. The van der Waals surface area contributed by atoms with Crippen LogP contribution < -0.4 is 4.52 Å². The third-order valence-electron chi connectivity index (χ3n) is 2.45. The van der Waals surface area contributed by atoms with Crippen molar-refractivity contribution in [2.24, 2.45) is 5.92 Å². The molecular formula is C14H22BrO3P. The van der Waals surface area contributed by atoms with Crippen molar-refractivity contribution in [3.63, 3.8) is 0 Å². The van der Waals surface area contributed by atoms with Crippen LogP contribution in [0.15, 0.2) is 28.7 Å². The number of unbranched alkanes of at least 4 members (excludes halogenated alkanes) is 1. The van der Waals surface area contributed by atoms with Crippen molar-refractivity contribution in [1.29, 1.82) is 0 Å². The molecule has 0 fully saturated rings. The molecule has 108 valence electrons. The first-order valence-electron chi connectivity index (χ1n) is 6.64. The quantitative estimate of drug-likeness (QED) is 0.582. The molecule has 5 heteroatoms. The predicted molar refractivity (Wildman–Crippen MR) is 82.9 cm³/mol. The van der Waals surface area contributed by atoms with E-state index in [1.165, 1.54) is 0 Å². The van der Waals surface area contributed by atoms with Gasteiger partial charge < -0.3 is 4.52 Å². The molecule has 0 saturated carbocycles. The molecular weight excluding hydrogens is 327 g/mol. The number of hydrogen-bond donors (Lipinski definition) is 0. The van der Waals surface area contributed by atoms with Crippen molar-refractivity contribution in [2.45, 2.75) is 33.6 Å². The van der Waals surface area contributed by atoms with Crippen LogP contribution in [0.1, 0.15) is 33.6 Å². The first-order chi connectivity index (χ1) is 8.95. The van der Waals surface area contributed by atoms with Crippen LogP contribution in [0.4, 0.5) is 0 Å². The van der Waals surface area contributed by atoms with Crippen LogP contribution in [0.25, 0.3) is 0 Å². The molecule has 0 heterocycles. The summed E-state index contributed by atoms with van der Waals surface area (Å²) in [6.45, 7) is 6.58. The van der Waals surface area contributed by atoms with Crippen LogP contribution in [0.5, 0.6) is 5.75 Å². The van der Waals surface area contributed by atoms with E-state index in [1.807, 2.05) is 26.0 Å². The van der Waals surface area contributed by atoms with E-state index in [9.17, 15) is 4.57 Å². The van der Waals surface area contributed by atoms with E-state index in [0.29, 0.717) is 24.4 Å². The summed E-state index contributed by atoms with van der Waals surface area (Å²) in [5.41, 5.74) is 0. The van der Waals surface area contributed by atoms with Gasteiger partial charge in [-0.05, 0) is 36.6 Å². The van der Waals surface area contributed by atoms with Gasteiger partial charge in [0, 0.05) is 4.47 Å². The molecule has 0 saturated heterocycles. The average molecular weight is 349 g/mol. The highest BCUT2D eigenvalue weighted by molar-refractivity contribution is 9.10. The fourth-order valence-corrected chi connectivity index (χ4v) is 3.62. The van der Waals surface area contributed by atoms with E-state index in [4.69, 9.17) is 9.05 Å².